The standard InChI is InChI=1S/C9H18N4O2/c1-5-3-12-7(4-11-5)9(15)13-6(2)8(10)14/h5-7,11-12H,3-4H2,1-2H3,(H2,10,14)(H,13,15). The van der Waals surface area contributed by atoms with Gasteiger partial charge in [-0.1, -0.05) is 0 Å². The summed E-state index contributed by atoms with van der Waals surface area (Å²) in [5.74, 6) is -0.721. The molecule has 2 amide bonds. The first-order valence-corrected chi connectivity index (χ1v) is 5.07. The number of hydrogen-bond acceptors (Lipinski definition) is 4. The molecule has 86 valence electrons. The number of nitrogens with two attached hydrogens (primary N) is 1. The fourth-order valence-electron chi connectivity index (χ4n) is 1.35. The maximum Gasteiger partial charge on any atom is 0.239 e. The van der Waals surface area contributed by atoms with E-state index in [2.05, 4.69) is 16.0 Å². The van der Waals surface area contributed by atoms with Gasteiger partial charge in [0.25, 0.3) is 0 Å². The van der Waals surface area contributed by atoms with Crippen LogP contribution in [0.4, 0.5) is 0 Å². The summed E-state index contributed by atoms with van der Waals surface area (Å²) in [6.07, 6.45) is 0. The van der Waals surface area contributed by atoms with Crippen molar-refractivity contribution in [1.29, 1.82) is 0 Å². The lowest BCUT2D eigenvalue weighted by molar-refractivity contribution is -0.128. The normalized spacial score (nSPS) is 28.1. The summed E-state index contributed by atoms with van der Waals surface area (Å²) in [6.45, 7) is 4.91. The van der Waals surface area contributed by atoms with Crippen LogP contribution in [0.25, 0.3) is 0 Å². The van der Waals surface area contributed by atoms with Crippen LogP contribution in [0, 0.1) is 0 Å². The molecular weight excluding hydrogens is 196 g/mol. The van der Waals surface area contributed by atoms with E-state index >= 15 is 0 Å². The molecule has 5 N–H and O–H groups in total. The molecule has 6 nitrogen and oxygen atoms in total. The van der Waals surface area contributed by atoms with Gasteiger partial charge < -0.3 is 21.7 Å². The fourth-order valence-corrected chi connectivity index (χ4v) is 1.35. The zero-order valence-electron chi connectivity index (χ0n) is 9.04. The fraction of sp³-hybridized carbons (Fsp3) is 0.778. The largest absolute Gasteiger partial charge is 0.368 e. The number of rotatable bonds is 3. The molecule has 0 bridgehead atoms. The number of nitrogens with one attached hydrogen (secondary N) is 3. The molecule has 0 aromatic carbocycles. The number of amides is 2. The zero-order chi connectivity index (χ0) is 11.4. The summed E-state index contributed by atoms with van der Waals surface area (Å²) in [6, 6.07) is -0.552. The van der Waals surface area contributed by atoms with Gasteiger partial charge in [-0.25, -0.2) is 0 Å². The maximum atomic E-state index is 11.6. The van der Waals surface area contributed by atoms with Crippen molar-refractivity contribution in [3.63, 3.8) is 0 Å². The zero-order valence-corrected chi connectivity index (χ0v) is 9.04. The van der Waals surface area contributed by atoms with Crippen LogP contribution in [0.5, 0.6) is 0 Å². The van der Waals surface area contributed by atoms with E-state index < -0.39 is 11.9 Å². The molecule has 1 aliphatic heterocycles. The molecule has 6 heteroatoms. The van der Waals surface area contributed by atoms with Gasteiger partial charge >= 0.3 is 0 Å². The monoisotopic (exact) mass is 214 g/mol. The SMILES string of the molecule is CC1CNC(C(=O)NC(C)C(N)=O)CN1. The van der Waals surface area contributed by atoms with Crippen LogP contribution in [0.2, 0.25) is 0 Å². The summed E-state index contributed by atoms with van der Waals surface area (Å²) in [5, 5.41) is 8.81. The van der Waals surface area contributed by atoms with Crippen LogP contribution >= 0.6 is 0 Å². The Bertz CT molecular complexity index is 248. The van der Waals surface area contributed by atoms with Gasteiger partial charge in [0.15, 0.2) is 0 Å². The van der Waals surface area contributed by atoms with E-state index in [1.54, 1.807) is 6.92 Å². The minimum atomic E-state index is -0.626. The van der Waals surface area contributed by atoms with Crippen LogP contribution in [-0.4, -0.2) is 43.0 Å². The molecule has 0 aromatic heterocycles. The van der Waals surface area contributed by atoms with Gasteiger partial charge in [0.2, 0.25) is 11.8 Å². The van der Waals surface area contributed by atoms with Gasteiger partial charge in [0.05, 0.1) is 6.04 Å². The second-order valence-electron chi connectivity index (χ2n) is 3.90. The number of carbonyl (C=O) groups is 2. The Morgan fingerprint density at radius 2 is 2.07 bits per heavy atom. The topological polar surface area (TPSA) is 96.2 Å². The predicted molar refractivity (Wildman–Crippen MR) is 56.1 cm³/mol. The summed E-state index contributed by atoms with van der Waals surface area (Å²) in [5.41, 5.74) is 5.05. The molecule has 1 fully saturated rings. The van der Waals surface area contributed by atoms with Crippen molar-refractivity contribution in [2.45, 2.75) is 32.0 Å². The van der Waals surface area contributed by atoms with E-state index in [-0.39, 0.29) is 11.9 Å². The number of primary amides is 1. The first-order valence-electron chi connectivity index (χ1n) is 5.07. The minimum Gasteiger partial charge on any atom is -0.368 e. The van der Waals surface area contributed by atoms with Crippen LogP contribution in [0.1, 0.15) is 13.8 Å². The first-order chi connectivity index (χ1) is 7.00. The lowest BCUT2D eigenvalue weighted by atomic mass is 10.1. The van der Waals surface area contributed by atoms with Gasteiger partial charge in [-0.15, -0.1) is 0 Å². The van der Waals surface area contributed by atoms with Crippen molar-refractivity contribution in [3.8, 4) is 0 Å². The lowest BCUT2D eigenvalue weighted by Crippen LogP contribution is -2.60. The number of piperazine rings is 1. The smallest absolute Gasteiger partial charge is 0.239 e. The quantitative estimate of drug-likeness (QED) is 0.434. The molecule has 1 heterocycles. The summed E-state index contributed by atoms with van der Waals surface area (Å²) in [4.78, 5) is 22.3. The molecule has 15 heavy (non-hydrogen) atoms. The van der Waals surface area contributed by atoms with E-state index in [4.69, 9.17) is 5.73 Å². The molecule has 0 spiro atoms. The van der Waals surface area contributed by atoms with E-state index in [0.717, 1.165) is 6.54 Å². The van der Waals surface area contributed by atoms with Crippen LogP contribution in [0.3, 0.4) is 0 Å². The van der Waals surface area contributed by atoms with E-state index in [1.807, 2.05) is 6.92 Å². The van der Waals surface area contributed by atoms with Gasteiger partial charge in [-0.3, -0.25) is 9.59 Å². The third-order valence-electron chi connectivity index (χ3n) is 2.44. The highest BCUT2D eigenvalue weighted by molar-refractivity contribution is 5.88. The molecule has 3 unspecified atom stereocenters. The van der Waals surface area contributed by atoms with E-state index in [1.165, 1.54) is 0 Å². The summed E-state index contributed by atoms with van der Waals surface area (Å²) >= 11 is 0. The highest BCUT2D eigenvalue weighted by atomic mass is 16.2. The van der Waals surface area contributed by atoms with Gasteiger partial charge in [-0.05, 0) is 13.8 Å². The van der Waals surface area contributed by atoms with E-state index in [0.29, 0.717) is 12.6 Å². The summed E-state index contributed by atoms with van der Waals surface area (Å²) in [7, 11) is 0. The second kappa shape index (κ2) is 5.09. The second-order valence-corrected chi connectivity index (χ2v) is 3.90. The Kier molecular flexibility index (Phi) is 4.05. The molecule has 1 saturated heterocycles. The lowest BCUT2D eigenvalue weighted by Gasteiger charge is -2.28. The Balaban J connectivity index is 2.37. The number of hydrogen-bond donors (Lipinski definition) is 4. The highest BCUT2D eigenvalue weighted by Gasteiger charge is 2.24. The first kappa shape index (κ1) is 11.9. The Morgan fingerprint density at radius 3 is 2.53 bits per heavy atom. The molecule has 0 aliphatic carbocycles. The van der Waals surface area contributed by atoms with Crippen molar-refractivity contribution in [2.24, 2.45) is 5.73 Å². The molecule has 0 saturated carbocycles. The Hall–Kier alpha value is -1.14. The van der Waals surface area contributed by atoms with Crippen LogP contribution < -0.4 is 21.7 Å². The summed E-state index contributed by atoms with van der Waals surface area (Å²) < 4.78 is 0. The molecular formula is C9H18N4O2. The molecule has 3 atom stereocenters. The maximum absolute atomic E-state index is 11.6. The van der Waals surface area contributed by atoms with E-state index in [9.17, 15) is 9.59 Å². The molecule has 0 aromatic rings. The van der Waals surface area contributed by atoms with Crippen molar-refractivity contribution in [2.75, 3.05) is 13.1 Å². The van der Waals surface area contributed by atoms with Crippen molar-refractivity contribution in [1.82, 2.24) is 16.0 Å². The van der Waals surface area contributed by atoms with Gasteiger partial charge in [0.1, 0.15) is 6.04 Å². The third kappa shape index (κ3) is 3.49. The molecule has 1 aliphatic rings. The van der Waals surface area contributed by atoms with Crippen molar-refractivity contribution < 1.29 is 9.59 Å². The van der Waals surface area contributed by atoms with Gasteiger partial charge in [0, 0.05) is 19.1 Å². The average molecular weight is 214 g/mol. The number of carbonyl (C=O) groups excluding carboxylic acids is 2. The molecule has 1 rings (SSSR count). The van der Waals surface area contributed by atoms with Crippen LogP contribution in [0.15, 0.2) is 0 Å². The highest BCUT2D eigenvalue weighted by Crippen LogP contribution is 1.94. The van der Waals surface area contributed by atoms with Crippen LogP contribution in [-0.2, 0) is 9.59 Å². The predicted octanol–water partition coefficient (Wildman–Crippen LogP) is -2.07. The third-order valence-corrected chi connectivity index (χ3v) is 2.44. The minimum absolute atomic E-state index is 0.194. The van der Waals surface area contributed by atoms with Crippen molar-refractivity contribution >= 4 is 11.8 Å². The molecule has 0 radical (unpaired) electrons. The van der Waals surface area contributed by atoms with Gasteiger partial charge in [-0.2, -0.15) is 0 Å². The average Bonchev–Trinajstić information content (AvgIpc) is 2.18. The Morgan fingerprint density at radius 1 is 1.40 bits per heavy atom. The Labute approximate surface area is 89.0 Å². The van der Waals surface area contributed by atoms with Crippen molar-refractivity contribution in [3.05, 3.63) is 0 Å².